The van der Waals surface area contributed by atoms with Crippen LogP contribution in [-0.2, 0) is 14.3 Å². The van der Waals surface area contributed by atoms with Gasteiger partial charge in [-0.25, -0.2) is 4.79 Å². The van der Waals surface area contributed by atoms with Gasteiger partial charge in [-0.3, -0.25) is 9.59 Å². The lowest BCUT2D eigenvalue weighted by Gasteiger charge is -2.33. The number of hydrogen-bond acceptors (Lipinski definition) is 6. The van der Waals surface area contributed by atoms with Crippen LogP contribution in [0.1, 0.15) is 78.8 Å². The van der Waals surface area contributed by atoms with Gasteiger partial charge in [0.2, 0.25) is 11.8 Å². The Morgan fingerprint density at radius 3 is 2.29 bits per heavy atom. The van der Waals surface area contributed by atoms with Gasteiger partial charge >= 0.3 is 6.09 Å². The molecule has 0 aliphatic carbocycles. The van der Waals surface area contributed by atoms with Crippen molar-refractivity contribution in [1.82, 2.24) is 15.5 Å². The fourth-order valence-corrected chi connectivity index (χ4v) is 3.53. The first kappa shape index (κ1) is 29.8. The van der Waals surface area contributed by atoms with E-state index in [1.807, 2.05) is 19.9 Å². The number of phenols is 1. The van der Waals surface area contributed by atoms with Crippen LogP contribution < -0.4 is 10.6 Å². The Hall–Kier alpha value is -3.28. The number of amides is 3. The molecule has 1 aromatic rings. The summed E-state index contributed by atoms with van der Waals surface area (Å²) >= 11 is 0. The summed E-state index contributed by atoms with van der Waals surface area (Å²) in [7, 11) is 0. The molecule has 0 heterocycles. The van der Waals surface area contributed by atoms with E-state index in [4.69, 9.17) is 4.74 Å². The van der Waals surface area contributed by atoms with E-state index in [0.717, 1.165) is 19.3 Å². The minimum Gasteiger partial charge on any atom is -0.508 e. The van der Waals surface area contributed by atoms with Gasteiger partial charge in [0, 0.05) is 6.54 Å². The highest BCUT2D eigenvalue weighted by atomic mass is 16.6. The maximum absolute atomic E-state index is 13.7. The topological polar surface area (TPSA) is 132 Å². The Labute approximate surface area is 208 Å². The maximum Gasteiger partial charge on any atom is 0.408 e. The number of ether oxygens (including phenoxy) is 1. The number of carbonyl (C=O) groups is 3. The Kier molecular flexibility index (Phi) is 12.1. The summed E-state index contributed by atoms with van der Waals surface area (Å²) in [6, 6.07) is 5.80. The summed E-state index contributed by atoms with van der Waals surface area (Å²) in [5.74, 6) is -0.944. The van der Waals surface area contributed by atoms with Crippen LogP contribution in [0.15, 0.2) is 24.3 Å². The third-order valence-electron chi connectivity index (χ3n) is 5.07. The average Bonchev–Trinajstić information content (AvgIpc) is 2.75. The molecule has 0 radical (unpaired) electrons. The van der Waals surface area contributed by atoms with Gasteiger partial charge in [0.25, 0.3) is 0 Å². The lowest BCUT2D eigenvalue weighted by atomic mass is 9.99. The van der Waals surface area contributed by atoms with Crippen molar-refractivity contribution in [2.24, 2.45) is 5.92 Å². The molecule has 0 fully saturated rings. The fourth-order valence-electron chi connectivity index (χ4n) is 3.53. The second-order valence-corrected chi connectivity index (χ2v) is 9.94. The number of rotatable bonds is 12. The van der Waals surface area contributed by atoms with E-state index in [0.29, 0.717) is 18.5 Å². The van der Waals surface area contributed by atoms with Crippen molar-refractivity contribution in [2.45, 2.75) is 84.9 Å². The predicted molar refractivity (Wildman–Crippen MR) is 133 cm³/mol. The number of unbranched alkanes of at least 4 members (excludes halogenated alkanes) is 2. The minimum absolute atomic E-state index is 0.0123. The number of alkyl carbamates (subject to hydrolysis) is 1. The molecule has 9 nitrogen and oxygen atoms in total. The van der Waals surface area contributed by atoms with Gasteiger partial charge in [-0.05, 0) is 57.2 Å². The van der Waals surface area contributed by atoms with Crippen LogP contribution in [0.5, 0.6) is 5.75 Å². The summed E-state index contributed by atoms with van der Waals surface area (Å²) in [5, 5.41) is 24.7. The molecule has 2 atom stereocenters. The molecule has 0 saturated heterocycles. The molecule has 194 valence electrons. The zero-order valence-corrected chi connectivity index (χ0v) is 21.8. The molecule has 3 amide bonds. The molecular formula is C26H40N4O5. The zero-order chi connectivity index (χ0) is 26.6. The largest absolute Gasteiger partial charge is 0.508 e. The fraction of sp³-hybridized carbons (Fsp3) is 0.615. The van der Waals surface area contributed by atoms with E-state index in [1.54, 1.807) is 32.9 Å². The molecule has 1 rings (SSSR count). The lowest BCUT2D eigenvalue weighted by molar-refractivity contribution is -0.142. The first-order valence-electron chi connectivity index (χ1n) is 12.1. The van der Waals surface area contributed by atoms with Crippen LogP contribution in [0, 0.1) is 17.2 Å². The van der Waals surface area contributed by atoms with Gasteiger partial charge in [-0.1, -0.05) is 45.7 Å². The number of carbonyl (C=O) groups excluding carboxylic acids is 3. The van der Waals surface area contributed by atoms with Crippen LogP contribution in [-0.4, -0.2) is 52.6 Å². The van der Waals surface area contributed by atoms with Gasteiger partial charge in [-0.2, -0.15) is 5.26 Å². The molecule has 0 spiro atoms. The van der Waals surface area contributed by atoms with Crippen molar-refractivity contribution >= 4 is 17.9 Å². The minimum atomic E-state index is -1.11. The van der Waals surface area contributed by atoms with Gasteiger partial charge in [0.15, 0.2) is 0 Å². The highest BCUT2D eigenvalue weighted by Gasteiger charge is 2.36. The van der Waals surface area contributed by atoms with Crippen molar-refractivity contribution < 1.29 is 24.2 Å². The first-order chi connectivity index (χ1) is 16.4. The lowest BCUT2D eigenvalue weighted by Crippen LogP contribution is -2.53. The van der Waals surface area contributed by atoms with Gasteiger partial charge in [0.1, 0.15) is 30.0 Å². The highest BCUT2D eigenvalue weighted by Crippen LogP contribution is 2.25. The van der Waals surface area contributed by atoms with Crippen molar-refractivity contribution in [3.05, 3.63) is 29.8 Å². The average molecular weight is 489 g/mol. The maximum atomic E-state index is 13.7. The van der Waals surface area contributed by atoms with E-state index in [-0.39, 0.29) is 18.2 Å². The first-order valence-corrected chi connectivity index (χ1v) is 12.1. The van der Waals surface area contributed by atoms with Crippen LogP contribution in [0.25, 0.3) is 0 Å². The van der Waals surface area contributed by atoms with E-state index in [9.17, 15) is 24.8 Å². The Morgan fingerprint density at radius 2 is 1.77 bits per heavy atom. The second-order valence-electron chi connectivity index (χ2n) is 9.94. The summed E-state index contributed by atoms with van der Waals surface area (Å²) < 4.78 is 5.33. The van der Waals surface area contributed by atoms with Gasteiger partial charge < -0.3 is 25.4 Å². The number of nitriles is 1. The molecule has 9 heteroatoms. The van der Waals surface area contributed by atoms with Gasteiger partial charge in [-0.15, -0.1) is 0 Å². The van der Waals surface area contributed by atoms with E-state index in [2.05, 4.69) is 17.6 Å². The molecule has 0 saturated carbocycles. The summed E-state index contributed by atoms with van der Waals surface area (Å²) in [6.45, 7) is 11.1. The van der Waals surface area contributed by atoms with Crippen molar-refractivity contribution in [3.63, 3.8) is 0 Å². The predicted octanol–water partition coefficient (Wildman–Crippen LogP) is 4.03. The third-order valence-corrected chi connectivity index (χ3v) is 5.07. The van der Waals surface area contributed by atoms with E-state index < -0.39 is 35.6 Å². The molecule has 0 aliphatic heterocycles. The molecule has 35 heavy (non-hydrogen) atoms. The van der Waals surface area contributed by atoms with Crippen LogP contribution in [0.2, 0.25) is 0 Å². The van der Waals surface area contributed by atoms with Crippen LogP contribution >= 0.6 is 0 Å². The highest BCUT2D eigenvalue weighted by molar-refractivity contribution is 5.92. The van der Waals surface area contributed by atoms with E-state index in [1.165, 1.54) is 17.0 Å². The van der Waals surface area contributed by atoms with E-state index >= 15 is 0 Å². The monoisotopic (exact) mass is 488 g/mol. The molecule has 2 unspecified atom stereocenters. The molecule has 1 aromatic carbocycles. The number of phenolic OH excluding ortho intramolecular Hbond substituents is 1. The Balaban J connectivity index is 3.34. The molecule has 0 aromatic heterocycles. The number of nitrogens with zero attached hydrogens (tertiary/aromatic N) is 2. The second kappa shape index (κ2) is 14.2. The zero-order valence-electron chi connectivity index (χ0n) is 21.8. The third kappa shape index (κ3) is 10.7. The Bertz CT molecular complexity index is 871. The molecule has 3 N–H and O–H groups in total. The number of aromatic hydroxyl groups is 1. The normalized spacial score (nSPS) is 12.9. The van der Waals surface area contributed by atoms with Crippen LogP contribution in [0.4, 0.5) is 4.79 Å². The van der Waals surface area contributed by atoms with Crippen molar-refractivity contribution in [2.75, 3.05) is 13.1 Å². The molecule has 0 bridgehead atoms. The number of benzene rings is 1. The smallest absolute Gasteiger partial charge is 0.408 e. The van der Waals surface area contributed by atoms with Crippen molar-refractivity contribution in [1.29, 1.82) is 5.26 Å². The molecular weight excluding hydrogens is 448 g/mol. The van der Waals surface area contributed by atoms with Gasteiger partial charge in [0.05, 0.1) is 6.07 Å². The summed E-state index contributed by atoms with van der Waals surface area (Å²) in [4.78, 5) is 40.6. The standard InChI is InChI=1S/C26H40N4O5/c1-7-8-9-15-28-23(32)22(19-10-12-20(31)13-11-19)30(16-14-27)24(33)21(17-18(2)3)29-25(34)35-26(4,5)6/h10-13,18,21-22,31H,7-9,15-17H2,1-6H3,(H,28,32)(H,29,34). The molecule has 0 aliphatic rings. The quantitative estimate of drug-likeness (QED) is 0.301. The number of hydrogen-bond donors (Lipinski definition) is 3. The summed E-state index contributed by atoms with van der Waals surface area (Å²) in [6.07, 6.45) is 2.26. The van der Waals surface area contributed by atoms with Crippen molar-refractivity contribution in [3.8, 4) is 11.8 Å². The Morgan fingerprint density at radius 1 is 1.14 bits per heavy atom. The SMILES string of the molecule is CCCCCNC(=O)C(c1ccc(O)cc1)N(CC#N)C(=O)C(CC(C)C)NC(=O)OC(C)(C)C. The summed E-state index contributed by atoms with van der Waals surface area (Å²) in [5.41, 5.74) is -0.311. The van der Waals surface area contributed by atoms with Crippen LogP contribution in [0.3, 0.4) is 0 Å². The number of nitrogens with one attached hydrogen (secondary N) is 2.